The van der Waals surface area contributed by atoms with Gasteiger partial charge in [0, 0.05) is 11.8 Å². The SMILES string of the molecule is CCC(=O)COc1cccc(-c2ccc3[nH]nc(N)c3c2)c1. The molecule has 0 fully saturated rings. The fourth-order valence-corrected chi connectivity index (χ4v) is 2.25. The summed E-state index contributed by atoms with van der Waals surface area (Å²) in [5, 5.41) is 7.77. The van der Waals surface area contributed by atoms with E-state index >= 15 is 0 Å². The third-order valence-electron chi connectivity index (χ3n) is 3.55. The second-order valence-electron chi connectivity index (χ2n) is 5.08. The molecule has 1 heterocycles. The average Bonchev–Trinajstić information content (AvgIpc) is 2.93. The Bertz CT molecular complexity index is 824. The van der Waals surface area contributed by atoms with E-state index in [1.165, 1.54) is 0 Å². The van der Waals surface area contributed by atoms with Crippen LogP contribution in [0.5, 0.6) is 5.75 Å². The smallest absolute Gasteiger partial charge is 0.169 e. The van der Waals surface area contributed by atoms with E-state index in [2.05, 4.69) is 10.2 Å². The van der Waals surface area contributed by atoms with E-state index in [4.69, 9.17) is 10.5 Å². The molecule has 0 spiro atoms. The third kappa shape index (κ3) is 2.79. The molecule has 3 rings (SSSR count). The zero-order valence-corrected chi connectivity index (χ0v) is 12.3. The van der Waals surface area contributed by atoms with Crippen molar-refractivity contribution >= 4 is 22.5 Å². The topological polar surface area (TPSA) is 81.0 Å². The van der Waals surface area contributed by atoms with Gasteiger partial charge < -0.3 is 10.5 Å². The minimum Gasteiger partial charge on any atom is -0.486 e. The van der Waals surface area contributed by atoms with Crippen molar-refractivity contribution in [2.24, 2.45) is 0 Å². The first kappa shape index (κ1) is 14.1. The van der Waals surface area contributed by atoms with E-state index in [0.29, 0.717) is 18.0 Å². The Balaban J connectivity index is 1.89. The number of aromatic nitrogens is 2. The lowest BCUT2D eigenvalue weighted by atomic mass is 10.0. The molecule has 0 saturated heterocycles. The Labute approximate surface area is 128 Å². The number of hydrogen-bond acceptors (Lipinski definition) is 4. The van der Waals surface area contributed by atoms with Crippen molar-refractivity contribution in [1.29, 1.82) is 0 Å². The lowest BCUT2D eigenvalue weighted by molar-refractivity contribution is -0.120. The van der Waals surface area contributed by atoms with E-state index in [0.717, 1.165) is 22.0 Å². The molecule has 5 heteroatoms. The maximum Gasteiger partial charge on any atom is 0.169 e. The number of nitrogens with one attached hydrogen (secondary N) is 1. The minimum absolute atomic E-state index is 0.0815. The molecule has 112 valence electrons. The first-order chi connectivity index (χ1) is 10.7. The quantitative estimate of drug-likeness (QED) is 0.757. The largest absolute Gasteiger partial charge is 0.486 e. The predicted molar refractivity (Wildman–Crippen MR) is 86.7 cm³/mol. The van der Waals surface area contributed by atoms with Crippen LogP contribution >= 0.6 is 0 Å². The van der Waals surface area contributed by atoms with Gasteiger partial charge in [0.15, 0.2) is 11.6 Å². The van der Waals surface area contributed by atoms with Crippen LogP contribution in [0.15, 0.2) is 42.5 Å². The summed E-state index contributed by atoms with van der Waals surface area (Å²) >= 11 is 0. The second-order valence-corrected chi connectivity index (χ2v) is 5.08. The summed E-state index contributed by atoms with van der Waals surface area (Å²) in [6.45, 7) is 1.93. The number of benzene rings is 2. The van der Waals surface area contributed by atoms with Gasteiger partial charge in [-0.2, -0.15) is 5.10 Å². The van der Waals surface area contributed by atoms with Crippen molar-refractivity contribution in [2.45, 2.75) is 13.3 Å². The van der Waals surface area contributed by atoms with E-state index in [-0.39, 0.29) is 12.4 Å². The molecule has 5 nitrogen and oxygen atoms in total. The maximum absolute atomic E-state index is 11.3. The van der Waals surface area contributed by atoms with Gasteiger partial charge in [-0.1, -0.05) is 25.1 Å². The van der Waals surface area contributed by atoms with Crippen LogP contribution in [-0.4, -0.2) is 22.6 Å². The lowest BCUT2D eigenvalue weighted by Crippen LogP contribution is -2.09. The zero-order valence-electron chi connectivity index (χ0n) is 12.3. The molecule has 3 aromatic rings. The summed E-state index contributed by atoms with van der Waals surface area (Å²) in [5.74, 6) is 1.25. The lowest BCUT2D eigenvalue weighted by Gasteiger charge is -2.07. The summed E-state index contributed by atoms with van der Waals surface area (Å²) in [6.07, 6.45) is 0.482. The highest BCUT2D eigenvalue weighted by Gasteiger charge is 2.06. The number of nitrogens with two attached hydrogens (primary N) is 1. The van der Waals surface area contributed by atoms with Crippen LogP contribution in [0.1, 0.15) is 13.3 Å². The maximum atomic E-state index is 11.3. The first-order valence-electron chi connectivity index (χ1n) is 7.16. The fraction of sp³-hybridized carbons (Fsp3) is 0.176. The summed E-state index contributed by atoms with van der Waals surface area (Å²) in [6, 6.07) is 13.6. The number of nitrogen functional groups attached to an aromatic ring is 1. The normalized spacial score (nSPS) is 10.8. The van der Waals surface area contributed by atoms with Gasteiger partial charge in [-0.15, -0.1) is 0 Å². The van der Waals surface area contributed by atoms with Gasteiger partial charge in [-0.05, 0) is 35.4 Å². The van der Waals surface area contributed by atoms with E-state index < -0.39 is 0 Å². The van der Waals surface area contributed by atoms with Crippen LogP contribution < -0.4 is 10.5 Å². The molecule has 0 bridgehead atoms. The van der Waals surface area contributed by atoms with Crippen molar-refractivity contribution in [2.75, 3.05) is 12.3 Å². The number of Topliss-reactive ketones (excluding diaryl/α,β-unsaturated/α-hetero) is 1. The molecule has 1 aromatic heterocycles. The highest BCUT2D eigenvalue weighted by Crippen LogP contribution is 2.28. The molecule has 2 aromatic carbocycles. The van der Waals surface area contributed by atoms with Gasteiger partial charge >= 0.3 is 0 Å². The van der Waals surface area contributed by atoms with Crippen LogP contribution in [0.3, 0.4) is 0 Å². The molecule has 0 aliphatic carbocycles. The molecule has 0 saturated carbocycles. The Morgan fingerprint density at radius 1 is 1.23 bits per heavy atom. The summed E-state index contributed by atoms with van der Waals surface area (Å²) in [7, 11) is 0. The molecule has 0 unspecified atom stereocenters. The van der Waals surface area contributed by atoms with Crippen LogP contribution in [0.2, 0.25) is 0 Å². The molecule has 0 aliphatic heterocycles. The highest BCUT2D eigenvalue weighted by atomic mass is 16.5. The number of aromatic amines is 1. The standard InChI is InChI=1S/C17H17N3O2/c1-2-13(21)10-22-14-5-3-4-11(8-14)12-6-7-16-15(9-12)17(18)20-19-16/h3-9H,2,10H2,1H3,(H3,18,19,20). The minimum atomic E-state index is 0.0815. The second kappa shape index (κ2) is 5.89. The van der Waals surface area contributed by atoms with Gasteiger partial charge in [-0.3, -0.25) is 9.89 Å². The number of carbonyl (C=O) groups excluding carboxylic acids is 1. The van der Waals surface area contributed by atoms with Gasteiger partial charge in [0.1, 0.15) is 12.4 Å². The number of hydrogen-bond donors (Lipinski definition) is 2. The number of fused-ring (bicyclic) bond motifs is 1. The van der Waals surface area contributed by atoms with Gasteiger partial charge in [0.05, 0.1) is 5.52 Å². The van der Waals surface area contributed by atoms with Gasteiger partial charge in [-0.25, -0.2) is 0 Å². The monoisotopic (exact) mass is 295 g/mol. The third-order valence-corrected chi connectivity index (χ3v) is 3.55. The van der Waals surface area contributed by atoms with Crippen molar-refractivity contribution in [3.63, 3.8) is 0 Å². The summed E-state index contributed by atoms with van der Waals surface area (Å²) in [5.41, 5.74) is 8.77. The summed E-state index contributed by atoms with van der Waals surface area (Å²) in [4.78, 5) is 11.3. The average molecular weight is 295 g/mol. The Morgan fingerprint density at radius 2 is 2.05 bits per heavy atom. The van der Waals surface area contributed by atoms with E-state index in [1.54, 1.807) is 0 Å². The van der Waals surface area contributed by atoms with Gasteiger partial charge in [0.2, 0.25) is 0 Å². The van der Waals surface area contributed by atoms with Crippen LogP contribution in [0.25, 0.3) is 22.0 Å². The fourth-order valence-electron chi connectivity index (χ4n) is 2.25. The Morgan fingerprint density at radius 3 is 2.86 bits per heavy atom. The molecule has 0 radical (unpaired) electrons. The first-order valence-corrected chi connectivity index (χ1v) is 7.16. The van der Waals surface area contributed by atoms with Crippen LogP contribution in [-0.2, 0) is 4.79 Å². The number of ketones is 1. The molecule has 0 atom stereocenters. The number of H-pyrrole nitrogens is 1. The number of carbonyl (C=O) groups is 1. The highest BCUT2D eigenvalue weighted by molar-refractivity contribution is 5.92. The molecular weight excluding hydrogens is 278 g/mol. The van der Waals surface area contributed by atoms with Crippen molar-refractivity contribution in [3.05, 3.63) is 42.5 Å². The molecule has 0 amide bonds. The van der Waals surface area contributed by atoms with Crippen LogP contribution in [0.4, 0.5) is 5.82 Å². The number of anilines is 1. The number of ether oxygens (including phenoxy) is 1. The summed E-state index contributed by atoms with van der Waals surface area (Å²) < 4.78 is 5.52. The van der Waals surface area contributed by atoms with E-state index in [1.807, 2.05) is 49.4 Å². The van der Waals surface area contributed by atoms with Crippen molar-refractivity contribution in [1.82, 2.24) is 10.2 Å². The Hall–Kier alpha value is -2.82. The van der Waals surface area contributed by atoms with Gasteiger partial charge in [0.25, 0.3) is 0 Å². The van der Waals surface area contributed by atoms with Crippen molar-refractivity contribution < 1.29 is 9.53 Å². The number of rotatable bonds is 5. The van der Waals surface area contributed by atoms with Crippen molar-refractivity contribution in [3.8, 4) is 16.9 Å². The number of nitrogens with zero attached hydrogens (tertiary/aromatic N) is 1. The molecular formula is C17H17N3O2. The zero-order chi connectivity index (χ0) is 15.5. The van der Waals surface area contributed by atoms with Crippen LogP contribution in [0, 0.1) is 0 Å². The molecule has 0 aliphatic rings. The van der Waals surface area contributed by atoms with E-state index in [9.17, 15) is 4.79 Å². The molecule has 3 N–H and O–H groups in total. The molecule has 22 heavy (non-hydrogen) atoms. The Kier molecular flexibility index (Phi) is 3.78. The predicted octanol–water partition coefficient (Wildman–Crippen LogP) is 3.17.